The summed E-state index contributed by atoms with van der Waals surface area (Å²) in [6.45, 7) is 5.80. The molecule has 0 unspecified atom stereocenters. The lowest BCUT2D eigenvalue weighted by Crippen LogP contribution is -2.30. The standard InChI is InChI=1S/C21H24N4O2S/c1-12(2)25-20(27)19-17(10-13(3)22-19)24-21(25)28-11-18(26)23-16-9-8-14-6-4-5-7-15(14)16/h4-7,10,12,16,22H,8-9,11H2,1-3H3,(H,23,26)/t16-/m1/s1. The fourth-order valence-corrected chi connectivity index (χ4v) is 4.76. The third-order valence-electron chi connectivity index (χ3n) is 5.10. The number of carbonyl (C=O) groups excluding carboxylic acids is 1. The topological polar surface area (TPSA) is 79.8 Å². The highest BCUT2D eigenvalue weighted by molar-refractivity contribution is 7.99. The molecule has 0 saturated carbocycles. The van der Waals surface area contributed by atoms with Crippen molar-refractivity contribution in [3.8, 4) is 0 Å². The van der Waals surface area contributed by atoms with Crippen LogP contribution in [-0.2, 0) is 11.2 Å². The summed E-state index contributed by atoms with van der Waals surface area (Å²) in [5, 5.41) is 3.71. The van der Waals surface area contributed by atoms with Crippen molar-refractivity contribution in [2.45, 2.75) is 50.9 Å². The summed E-state index contributed by atoms with van der Waals surface area (Å²) in [5.41, 5.74) is 4.48. The molecule has 0 fully saturated rings. The highest BCUT2D eigenvalue weighted by Crippen LogP contribution is 2.31. The van der Waals surface area contributed by atoms with Gasteiger partial charge in [0.25, 0.3) is 5.56 Å². The van der Waals surface area contributed by atoms with Crippen LogP contribution in [-0.4, -0.2) is 26.2 Å². The van der Waals surface area contributed by atoms with Crippen molar-refractivity contribution in [3.05, 3.63) is 57.5 Å². The number of aromatic nitrogens is 3. The van der Waals surface area contributed by atoms with Crippen molar-refractivity contribution in [2.75, 3.05) is 5.75 Å². The van der Waals surface area contributed by atoms with Gasteiger partial charge in [0.1, 0.15) is 5.52 Å². The van der Waals surface area contributed by atoms with Crippen LogP contribution >= 0.6 is 11.8 Å². The summed E-state index contributed by atoms with van der Waals surface area (Å²) in [6, 6.07) is 10.1. The predicted molar refractivity (Wildman–Crippen MR) is 112 cm³/mol. The summed E-state index contributed by atoms with van der Waals surface area (Å²) in [7, 11) is 0. The normalized spacial score (nSPS) is 15.9. The first-order valence-corrected chi connectivity index (χ1v) is 10.5. The minimum Gasteiger partial charge on any atom is -0.353 e. The molecule has 2 N–H and O–H groups in total. The Morgan fingerprint density at radius 3 is 2.96 bits per heavy atom. The zero-order valence-corrected chi connectivity index (χ0v) is 17.1. The lowest BCUT2D eigenvalue weighted by Gasteiger charge is -2.16. The molecule has 1 aromatic carbocycles. The number of H-pyrrole nitrogens is 1. The fraction of sp³-hybridized carbons (Fsp3) is 0.381. The number of hydrogen-bond acceptors (Lipinski definition) is 4. The molecule has 2 aromatic heterocycles. The van der Waals surface area contributed by atoms with Crippen LogP contribution in [0.3, 0.4) is 0 Å². The van der Waals surface area contributed by atoms with Gasteiger partial charge in [-0.05, 0) is 50.8 Å². The average Bonchev–Trinajstić information content (AvgIpc) is 3.23. The molecule has 1 aliphatic carbocycles. The van der Waals surface area contributed by atoms with E-state index < -0.39 is 0 Å². The van der Waals surface area contributed by atoms with Gasteiger partial charge < -0.3 is 10.3 Å². The molecule has 0 spiro atoms. The Morgan fingerprint density at radius 2 is 2.18 bits per heavy atom. The Labute approximate surface area is 167 Å². The maximum Gasteiger partial charge on any atom is 0.278 e. The van der Waals surface area contributed by atoms with E-state index in [2.05, 4.69) is 27.4 Å². The van der Waals surface area contributed by atoms with E-state index in [1.165, 1.54) is 22.9 Å². The van der Waals surface area contributed by atoms with Crippen LogP contribution < -0.4 is 10.9 Å². The van der Waals surface area contributed by atoms with E-state index in [1.807, 2.05) is 39.0 Å². The molecular formula is C21H24N4O2S. The molecule has 0 aliphatic heterocycles. The van der Waals surface area contributed by atoms with Crippen LogP contribution in [0.4, 0.5) is 0 Å². The molecule has 6 nitrogen and oxygen atoms in total. The molecule has 2 heterocycles. The Bertz CT molecular complexity index is 1100. The number of aryl methyl sites for hydroxylation is 2. The van der Waals surface area contributed by atoms with Crippen LogP contribution in [0.5, 0.6) is 0 Å². The number of amides is 1. The van der Waals surface area contributed by atoms with Gasteiger partial charge in [0.15, 0.2) is 5.16 Å². The highest BCUT2D eigenvalue weighted by Gasteiger charge is 2.24. The number of nitrogens with one attached hydrogen (secondary N) is 2. The SMILES string of the molecule is Cc1cc2nc(SCC(=O)N[C@@H]3CCc4ccccc43)n(C(C)C)c(=O)c2[nH]1. The summed E-state index contributed by atoms with van der Waals surface area (Å²) in [6.07, 6.45) is 1.92. The first-order valence-electron chi connectivity index (χ1n) is 9.56. The van der Waals surface area contributed by atoms with Crippen molar-refractivity contribution in [1.29, 1.82) is 0 Å². The highest BCUT2D eigenvalue weighted by atomic mass is 32.2. The second-order valence-electron chi connectivity index (χ2n) is 7.52. The van der Waals surface area contributed by atoms with Crippen LogP contribution in [0.15, 0.2) is 40.3 Å². The Kier molecular flexibility index (Phi) is 5.02. The minimum atomic E-state index is -0.0965. The number of benzene rings is 1. The molecule has 4 rings (SSSR count). The first kappa shape index (κ1) is 18.8. The van der Waals surface area contributed by atoms with Gasteiger partial charge in [-0.2, -0.15) is 0 Å². The summed E-state index contributed by atoms with van der Waals surface area (Å²) < 4.78 is 1.65. The van der Waals surface area contributed by atoms with Crippen LogP contribution in [0.25, 0.3) is 11.0 Å². The maximum absolute atomic E-state index is 12.8. The van der Waals surface area contributed by atoms with E-state index in [0.29, 0.717) is 16.2 Å². The maximum atomic E-state index is 12.8. The number of rotatable bonds is 5. The van der Waals surface area contributed by atoms with Gasteiger partial charge in [0.2, 0.25) is 5.91 Å². The Hall–Kier alpha value is -2.54. The molecule has 1 amide bonds. The van der Waals surface area contributed by atoms with E-state index in [-0.39, 0.29) is 29.3 Å². The van der Waals surface area contributed by atoms with E-state index in [9.17, 15) is 9.59 Å². The Morgan fingerprint density at radius 1 is 1.39 bits per heavy atom. The summed E-state index contributed by atoms with van der Waals surface area (Å²) in [4.78, 5) is 33.1. The second kappa shape index (κ2) is 7.47. The lowest BCUT2D eigenvalue weighted by atomic mass is 10.1. The number of nitrogens with zero attached hydrogens (tertiary/aromatic N) is 2. The molecule has 0 bridgehead atoms. The van der Waals surface area contributed by atoms with Gasteiger partial charge in [-0.25, -0.2) is 4.98 Å². The van der Waals surface area contributed by atoms with Gasteiger partial charge in [-0.3, -0.25) is 14.2 Å². The van der Waals surface area contributed by atoms with Crippen LogP contribution in [0.2, 0.25) is 0 Å². The monoisotopic (exact) mass is 396 g/mol. The number of fused-ring (bicyclic) bond motifs is 2. The largest absolute Gasteiger partial charge is 0.353 e. The van der Waals surface area contributed by atoms with Crippen LogP contribution in [0.1, 0.15) is 49.2 Å². The molecule has 0 saturated heterocycles. The number of aromatic amines is 1. The fourth-order valence-electron chi connectivity index (χ4n) is 3.82. The number of hydrogen-bond donors (Lipinski definition) is 2. The van der Waals surface area contributed by atoms with Crippen molar-refractivity contribution < 1.29 is 4.79 Å². The average molecular weight is 397 g/mol. The van der Waals surface area contributed by atoms with E-state index in [1.54, 1.807) is 4.57 Å². The molecule has 0 radical (unpaired) electrons. The lowest BCUT2D eigenvalue weighted by molar-refractivity contribution is -0.119. The van der Waals surface area contributed by atoms with Crippen LogP contribution in [0, 0.1) is 6.92 Å². The zero-order valence-electron chi connectivity index (χ0n) is 16.3. The van der Waals surface area contributed by atoms with Crippen molar-refractivity contribution in [3.63, 3.8) is 0 Å². The third-order valence-corrected chi connectivity index (χ3v) is 6.06. The second-order valence-corrected chi connectivity index (χ2v) is 8.46. The summed E-state index contributed by atoms with van der Waals surface area (Å²) in [5.74, 6) is 0.189. The molecule has 1 aliphatic rings. The molecule has 1 atom stereocenters. The van der Waals surface area contributed by atoms with Gasteiger partial charge in [-0.15, -0.1) is 0 Å². The number of thioether (sulfide) groups is 1. The smallest absolute Gasteiger partial charge is 0.278 e. The van der Waals surface area contributed by atoms with Crippen molar-refractivity contribution in [2.24, 2.45) is 0 Å². The molecular weight excluding hydrogens is 372 g/mol. The molecule has 28 heavy (non-hydrogen) atoms. The first-order chi connectivity index (χ1) is 13.4. The van der Waals surface area contributed by atoms with E-state index >= 15 is 0 Å². The van der Waals surface area contributed by atoms with Gasteiger partial charge in [-0.1, -0.05) is 36.0 Å². The van der Waals surface area contributed by atoms with Crippen molar-refractivity contribution in [1.82, 2.24) is 19.9 Å². The predicted octanol–water partition coefficient (Wildman–Crippen LogP) is 3.51. The van der Waals surface area contributed by atoms with Gasteiger partial charge in [0.05, 0.1) is 17.3 Å². The zero-order chi connectivity index (χ0) is 19.8. The molecule has 3 aromatic rings. The van der Waals surface area contributed by atoms with Crippen molar-refractivity contribution >= 4 is 28.7 Å². The molecule has 146 valence electrons. The Balaban J connectivity index is 1.52. The minimum absolute atomic E-state index is 0.0402. The third kappa shape index (κ3) is 3.46. The van der Waals surface area contributed by atoms with E-state index in [4.69, 9.17) is 0 Å². The number of carbonyl (C=O) groups is 1. The quantitative estimate of drug-likeness (QED) is 0.511. The van der Waals surface area contributed by atoms with E-state index in [0.717, 1.165) is 18.5 Å². The van der Waals surface area contributed by atoms with Gasteiger partial charge in [0, 0.05) is 11.7 Å². The van der Waals surface area contributed by atoms with Gasteiger partial charge >= 0.3 is 0 Å². The molecule has 7 heteroatoms. The summed E-state index contributed by atoms with van der Waals surface area (Å²) >= 11 is 1.31.